The van der Waals surface area contributed by atoms with Crippen molar-refractivity contribution in [3.8, 4) is 0 Å². The van der Waals surface area contributed by atoms with Gasteiger partial charge in [-0.25, -0.2) is 0 Å². The smallest absolute Gasteiger partial charge is 0.124 e. The molecule has 1 heterocycles. The molecule has 1 aromatic carbocycles. The van der Waals surface area contributed by atoms with E-state index in [0.29, 0.717) is 17.2 Å². The average molecular weight is 268 g/mol. The topological polar surface area (TPSA) is 62.3 Å². The van der Waals surface area contributed by atoms with Gasteiger partial charge in [-0.2, -0.15) is 0 Å². The van der Waals surface area contributed by atoms with Crippen molar-refractivity contribution in [3.05, 3.63) is 28.8 Å². The molecule has 4 nitrogen and oxygen atoms in total. The van der Waals surface area contributed by atoms with E-state index < -0.39 is 0 Å². The first-order chi connectivity index (χ1) is 8.42. The highest BCUT2D eigenvalue weighted by atomic mass is 35.5. The van der Waals surface area contributed by atoms with E-state index in [1.165, 1.54) is 0 Å². The number of ether oxygens (including phenoxy) is 1. The number of nitrogens with two attached hydrogens (primary N) is 1. The van der Waals surface area contributed by atoms with E-state index >= 15 is 0 Å². The van der Waals surface area contributed by atoms with E-state index in [0.717, 1.165) is 18.8 Å². The molecule has 98 valence electrons. The lowest BCUT2D eigenvalue weighted by Gasteiger charge is -2.44. The molecule has 0 saturated carbocycles. The summed E-state index contributed by atoms with van der Waals surface area (Å²) < 4.78 is 5.50. The lowest BCUT2D eigenvalue weighted by Crippen LogP contribution is -2.53. The largest absolute Gasteiger partial charge is 0.384 e. The van der Waals surface area contributed by atoms with Crippen LogP contribution in [-0.4, -0.2) is 31.1 Å². The van der Waals surface area contributed by atoms with Crippen molar-refractivity contribution >= 4 is 23.1 Å². The first kappa shape index (κ1) is 13.2. The van der Waals surface area contributed by atoms with Crippen LogP contribution in [0.2, 0.25) is 5.02 Å². The molecule has 0 amide bonds. The third-order valence-corrected chi connectivity index (χ3v) is 3.51. The summed E-state index contributed by atoms with van der Waals surface area (Å²) in [5, 5.41) is 7.94. The van der Waals surface area contributed by atoms with Gasteiger partial charge < -0.3 is 15.4 Å². The molecule has 0 radical (unpaired) electrons. The van der Waals surface area contributed by atoms with Crippen LogP contribution >= 0.6 is 11.6 Å². The van der Waals surface area contributed by atoms with Crippen LogP contribution in [0.5, 0.6) is 0 Å². The van der Waals surface area contributed by atoms with Gasteiger partial charge in [0.1, 0.15) is 5.84 Å². The van der Waals surface area contributed by atoms with Gasteiger partial charge in [0.2, 0.25) is 0 Å². The molecule has 0 aliphatic carbocycles. The maximum atomic E-state index is 7.43. The summed E-state index contributed by atoms with van der Waals surface area (Å²) in [6.07, 6.45) is 0. The van der Waals surface area contributed by atoms with Gasteiger partial charge in [0, 0.05) is 17.8 Å². The Morgan fingerprint density at radius 2 is 2.22 bits per heavy atom. The Bertz CT molecular complexity index is 473. The number of benzene rings is 1. The normalized spacial score (nSPS) is 18.7. The maximum Gasteiger partial charge on any atom is 0.124 e. The molecule has 2 rings (SSSR count). The highest BCUT2D eigenvalue weighted by molar-refractivity contribution is 6.34. The zero-order valence-corrected chi connectivity index (χ0v) is 11.4. The summed E-state index contributed by atoms with van der Waals surface area (Å²) in [4.78, 5) is 2.27. The minimum Gasteiger partial charge on any atom is -0.384 e. The van der Waals surface area contributed by atoms with E-state index in [1.54, 1.807) is 6.07 Å². The molecule has 0 bridgehead atoms. The van der Waals surface area contributed by atoms with Crippen molar-refractivity contribution in [2.45, 2.75) is 19.4 Å². The zero-order chi connectivity index (χ0) is 13.3. The third kappa shape index (κ3) is 2.44. The first-order valence-corrected chi connectivity index (χ1v) is 6.29. The molecule has 0 unspecified atom stereocenters. The van der Waals surface area contributed by atoms with Gasteiger partial charge in [0.15, 0.2) is 0 Å². The lowest BCUT2D eigenvalue weighted by molar-refractivity contribution is 0.0644. The molecular formula is C13H18ClN3O. The fraction of sp³-hybridized carbons (Fsp3) is 0.462. The number of halogens is 1. The van der Waals surface area contributed by atoms with Crippen molar-refractivity contribution in [1.29, 1.82) is 5.41 Å². The Morgan fingerprint density at radius 1 is 1.50 bits per heavy atom. The maximum absolute atomic E-state index is 7.43. The number of nitrogens with zero attached hydrogens (tertiary/aromatic N) is 1. The van der Waals surface area contributed by atoms with Gasteiger partial charge in [0.05, 0.1) is 23.8 Å². The standard InChI is InChI=1S/C13H18ClN3O/c1-13(2)8-18-6-5-17(13)9-3-4-10(12(15)16)11(14)7-9/h3-4,7H,5-6,8H2,1-2H3,(H3,15,16). The lowest BCUT2D eigenvalue weighted by atomic mass is 10.0. The summed E-state index contributed by atoms with van der Waals surface area (Å²) >= 11 is 6.16. The highest BCUT2D eigenvalue weighted by Gasteiger charge is 2.30. The van der Waals surface area contributed by atoms with Crippen LogP contribution in [0.15, 0.2) is 18.2 Å². The predicted octanol–water partition coefficient (Wildman–Crippen LogP) is 2.24. The number of amidine groups is 1. The Hall–Kier alpha value is -1.26. The van der Waals surface area contributed by atoms with E-state index in [-0.39, 0.29) is 11.4 Å². The highest BCUT2D eigenvalue weighted by Crippen LogP contribution is 2.30. The second kappa shape index (κ2) is 4.78. The Morgan fingerprint density at radius 3 is 2.78 bits per heavy atom. The molecule has 0 spiro atoms. The third-order valence-electron chi connectivity index (χ3n) is 3.20. The molecule has 1 aromatic rings. The van der Waals surface area contributed by atoms with E-state index in [9.17, 15) is 0 Å². The predicted molar refractivity (Wildman–Crippen MR) is 74.7 cm³/mol. The summed E-state index contributed by atoms with van der Waals surface area (Å²) in [7, 11) is 0. The van der Waals surface area contributed by atoms with Crippen molar-refractivity contribution in [3.63, 3.8) is 0 Å². The second-order valence-corrected chi connectivity index (χ2v) is 5.50. The number of anilines is 1. The summed E-state index contributed by atoms with van der Waals surface area (Å²) in [6, 6.07) is 5.62. The monoisotopic (exact) mass is 267 g/mol. The van der Waals surface area contributed by atoms with Crippen LogP contribution in [0.1, 0.15) is 19.4 Å². The van der Waals surface area contributed by atoms with Crippen LogP contribution in [0.3, 0.4) is 0 Å². The Labute approximate surface area is 112 Å². The van der Waals surface area contributed by atoms with Gasteiger partial charge >= 0.3 is 0 Å². The average Bonchev–Trinajstić information content (AvgIpc) is 2.27. The molecule has 1 saturated heterocycles. The number of morpholine rings is 1. The number of rotatable bonds is 2. The van der Waals surface area contributed by atoms with Crippen LogP contribution < -0.4 is 10.6 Å². The van der Waals surface area contributed by atoms with E-state index in [2.05, 4.69) is 18.7 Å². The molecule has 0 atom stereocenters. The number of nitrogens with one attached hydrogen (secondary N) is 1. The quantitative estimate of drug-likeness (QED) is 0.638. The molecule has 1 aliphatic heterocycles. The first-order valence-electron chi connectivity index (χ1n) is 5.91. The van der Waals surface area contributed by atoms with Crippen molar-refractivity contribution in [2.75, 3.05) is 24.7 Å². The van der Waals surface area contributed by atoms with Crippen LogP contribution in [0.4, 0.5) is 5.69 Å². The van der Waals surface area contributed by atoms with Crippen LogP contribution in [0, 0.1) is 5.41 Å². The fourth-order valence-electron chi connectivity index (χ4n) is 2.23. The van der Waals surface area contributed by atoms with Crippen molar-refractivity contribution in [1.82, 2.24) is 0 Å². The van der Waals surface area contributed by atoms with E-state index in [4.69, 9.17) is 27.5 Å². The summed E-state index contributed by atoms with van der Waals surface area (Å²) in [6.45, 7) is 6.52. The van der Waals surface area contributed by atoms with Crippen LogP contribution in [0.25, 0.3) is 0 Å². The minimum absolute atomic E-state index is 0.00668. The molecule has 1 fully saturated rings. The second-order valence-electron chi connectivity index (χ2n) is 5.09. The van der Waals surface area contributed by atoms with Crippen molar-refractivity contribution < 1.29 is 4.74 Å². The number of nitrogen functional groups attached to an aromatic ring is 1. The van der Waals surface area contributed by atoms with Gasteiger partial charge in [-0.15, -0.1) is 0 Å². The molecule has 0 aromatic heterocycles. The SMILES string of the molecule is CC1(C)COCCN1c1ccc(C(=N)N)c(Cl)c1. The molecule has 3 N–H and O–H groups in total. The van der Waals surface area contributed by atoms with Gasteiger partial charge in [-0.05, 0) is 32.0 Å². The molecular weight excluding hydrogens is 250 g/mol. The van der Waals surface area contributed by atoms with Gasteiger partial charge in [-0.1, -0.05) is 11.6 Å². The van der Waals surface area contributed by atoms with Gasteiger partial charge in [-0.3, -0.25) is 5.41 Å². The van der Waals surface area contributed by atoms with Gasteiger partial charge in [0.25, 0.3) is 0 Å². The number of hydrogen-bond acceptors (Lipinski definition) is 3. The Kier molecular flexibility index (Phi) is 3.50. The Balaban J connectivity index is 2.34. The van der Waals surface area contributed by atoms with Crippen molar-refractivity contribution in [2.24, 2.45) is 5.73 Å². The molecule has 5 heteroatoms. The summed E-state index contributed by atoms with van der Waals surface area (Å²) in [5.74, 6) is -0.00668. The summed E-state index contributed by atoms with van der Waals surface area (Å²) in [5.41, 5.74) is 7.02. The van der Waals surface area contributed by atoms with E-state index in [1.807, 2.05) is 12.1 Å². The zero-order valence-electron chi connectivity index (χ0n) is 10.7. The fourth-order valence-corrected chi connectivity index (χ4v) is 2.50. The minimum atomic E-state index is -0.0562. The molecule has 1 aliphatic rings. The van der Waals surface area contributed by atoms with Crippen LogP contribution in [-0.2, 0) is 4.74 Å². The molecule has 18 heavy (non-hydrogen) atoms. The number of hydrogen-bond donors (Lipinski definition) is 2.